The second-order valence-corrected chi connectivity index (χ2v) is 4.46. The quantitative estimate of drug-likeness (QED) is 0.838. The minimum absolute atomic E-state index is 0.0667. The van der Waals surface area contributed by atoms with Gasteiger partial charge in [0.2, 0.25) is 0 Å². The average Bonchev–Trinajstić information content (AvgIpc) is 2.10. The molecule has 15 heavy (non-hydrogen) atoms. The molecule has 0 radical (unpaired) electrons. The maximum atomic E-state index is 12.9. The minimum Gasteiger partial charge on any atom is -0.388 e. The molecule has 1 atom stereocenters. The third kappa shape index (κ3) is 2.91. The second kappa shape index (κ2) is 4.47. The Bertz CT molecular complexity index is 349. The molecule has 0 aliphatic rings. The van der Waals surface area contributed by atoms with Crippen LogP contribution in [0.3, 0.4) is 0 Å². The van der Waals surface area contributed by atoms with Crippen LogP contribution in [0.1, 0.15) is 25.5 Å². The van der Waals surface area contributed by atoms with E-state index < -0.39 is 11.4 Å². The van der Waals surface area contributed by atoms with Crippen LogP contribution >= 0.6 is 11.6 Å². The van der Waals surface area contributed by atoms with Crippen molar-refractivity contribution in [2.75, 3.05) is 7.05 Å². The smallest absolute Gasteiger partial charge is 0.141 e. The van der Waals surface area contributed by atoms with Crippen molar-refractivity contribution in [1.29, 1.82) is 0 Å². The average molecular weight is 232 g/mol. The van der Waals surface area contributed by atoms with Gasteiger partial charge in [-0.15, -0.1) is 0 Å². The summed E-state index contributed by atoms with van der Waals surface area (Å²) in [5.41, 5.74) is -0.174. The zero-order valence-electron chi connectivity index (χ0n) is 9.01. The molecule has 4 heteroatoms. The SMILES string of the molecule is CNC(c1ccc(F)c(Cl)c1)C(C)(C)O. The summed E-state index contributed by atoms with van der Waals surface area (Å²) in [4.78, 5) is 0. The number of halogens is 2. The fourth-order valence-electron chi connectivity index (χ4n) is 1.62. The van der Waals surface area contributed by atoms with Gasteiger partial charge in [-0.1, -0.05) is 17.7 Å². The molecule has 0 aliphatic carbocycles. The van der Waals surface area contributed by atoms with Crippen molar-refractivity contribution < 1.29 is 9.50 Å². The van der Waals surface area contributed by atoms with Crippen molar-refractivity contribution in [3.8, 4) is 0 Å². The summed E-state index contributed by atoms with van der Waals surface area (Å²) in [6, 6.07) is 4.15. The molecule has 0 heterocycles. The predicted molar refractivity (Wildman–Crippen MR) is 59.5 cm³/mol. The van der Waals surface area contributed by atoms with Crippen LogP contribution in [0.4, 0.5) is 4.39 Å². The number of likely N-dealkylation sites (N-methyl/N-ethyl adjacent to an activating group) is 1. The van der Waals surface area contributed by atoms with Crippen molar-refractivity contribution in [3.05, 3.63) is 34.6 Å². The normalized spacial score (nSPS) is 14.0. The first-order valence-electron chi connectivity index (χ1n) is 4.71. The minimum atomic E-state index is -0.935. The van der Waals surface area contributed by atoms with Crippen LogP contribution in [0.25, 0.3) is 0 Å². The summed E-state index contributed by atoms with van der Waals surface area (Å²) in [6.07, 6.45) is 0. The number of aliphatic hydroxyl groups is 1. The van der Waals surface area contributed by atoms with E-state index in [4.69, 9.17) is 11.6 Å². The van der Waals surface area contributed by atoms with E-state index >= 15 is 0 Å². The van der Waals surface area contributed by atoms with Gasteiger partial charge in [0, 0.05) is 0 Å². The molecule has 0 amide bonds. The molecule has 1 unspecified atom stereocenters. The van der Waals surface area contributed by atoms with E-state index in [-0.39, 0.29) is 11.1 Å². The number of rotatable bonds is 3. The van der Waals surface area contributed by atoms with E-state index in [0.29, 0.717) is 0 Å². The van der Waals surface area contributed by atoms with Gasteiger partial charge in [0.15, 0.2) is 0 Å². The van der Waals surface area contributed by atoms with Crippen LogP contribution in [-0.2, 0) is 0 Å². The van der Waals surface area contributed by atoms with E-state index in [1.807, 2.05) is 0 Å². The Morgan fingerprint density at radius 2 is 2.07 bits per heavy atom. The molecule has 0 aromatic heterocycles. The number of hydrogen-bond acceptors (Lipinski definition) is 2. The Hall–Kier alpha value is -0.640. The van der Waals surface area contributed by atoms with Crippen LogP contribution in [0.15, 0.2) is 18.2 Å². The highest BCUT2D eigenvalue weighted by atomic mass is 35.5. The Balaban J connectivity index is 3.08. The monoisotopic (exact) mass is 231 g/mol. The molecule has 1 rings (SSSR count). The Morgan fingerprint density at radius 3 is 2.47 bits per heavy atom. The first-order valence-corrected chi connectivity index (χ1v) is 5.08. The van der Waals surface area contributed by atoms with Gasteiger partial charge in [0.05, 0.1) is 16.7 Å². The topological polar surface area (TPSA) is 32.3 Å². The third-order valence-corrected chi connectivity index (χ3v) is 2.56. The molecule has 0 spiro atoms. The third-order valence-electron chi connectivity index (χ3n) is 2.27. The molecule has 0 saturated carbocycles. The predicted octanol–water partition coefficient (Wildman–Crippen LogP) is 2.51. The molecule has 1 aromatic rings. The zero-order valence-corrected chi connectivity index (χ0v) is 9.77. The van der Waals surface area contributed by atoms with Crippen molar-refractivity contribution in [2.45, 2.75) is 25.5 Å². The van der Waals surface area contributed by atoms with E-state index in [1.54, 1.807) is 27.0 Å². The zero-order chi connectivity index (χ0) is 11.6. The Labute approximate surface area is 94.1 Å². The summed E-state index contributed by atoms with van der Waals surface area (Å²) in [7, 11) is 1.74. The van der Waals surface area contributed by atoms with Gasteiger partial charge < -0.3 is 10.4 Å². The lowest BCUT2D eigenvalue weighted by Gasteiger charge is -2.29. The van der Waals surface area contributed by atoms with Crippen LogP contribution in [-0.4, -0.2) is 17.8 Å². The molecule has 0 bridgehead atoms. The first kappa shape index (κ1) is 12.4. The van der Waals surface area contributed by atoms with Gasteiger partial charge in [0.1, 0.15) is 5.82 Å². The summed E-state index contributed by atoms with van der Waals surface area (Å²) in [5.74, 6) is -0.453. The van der Waals surface area contributed by atoms with Crippen molar-refractivity contribution in [1.82, 2.24) is 5.32 Å². The molecule has 0 fully saturated rings. The molecule has 0 saturated heterocycles. The van der Waals surface area contributed by atoms with Gasteiger partial charge in [-0.25, -0.2) is 4.39 Å². The van der Waals surface area contributed by atoms with Crippen LogP contribution < -0.4 is 5.32 Å². The largest absolute Gasteiger partial charge is 0.388 e. The highest BCUT2D eigenvalue weighted by Gasteiger charge is 2.27. The van der Waals surface area contributed by atoms with Crippen LogP contribution in [0.2, 0.25) is 5.02 Å². The Morgan fingerprint density at radius 1 is 1.47 bits per heavy atom. The molecule has 2 nitrogen and oxygen atoms in total. The van der Waals surface area contributed by atoms with Crippen LogP contribution in [0.5, 0.6) is 0 Å². The fourth-order valence-corrected chi connectivity index (χ4v) is 1.81. The lowest BCUT2D eigenvalue weighted by atomic mass is 9.92. The highest BCUT2D eigenvalue weighted by Crippen LogP contribution is 2.27. The van der Waals surface area contributed by atoms with E-state index in [2.05, 4.69) is 5.32 Å². The van der Waals surface area contributed by atoms with Gasteiger partial charge in [-0.2, -0.15) is 0 Å². The number of nitrogens with one attached hydrogen (secondary N) is 1. The van der Waals surface area contributed by atoms with Gasteiger partial charge >= 0.3 is 0 Å². The highest BCUT2D eigenvalue weighted by molar-refractivity contribution is 6.30. The Kier molecular flexibility index (Phi) is 3.71. The molecular formula is C11H15ClFNO. The van der Waals surface area contributed by atoms with E-state index in [9.17, 15) is 9.50 Å². The van der Waals surface area contributed by atoms with Gasteiger partial charge in [-0.05, 0) is 38.6 Å². The van der Waals surface area contributed by atoms with Crippen molar-refractivity contribution >= 4 is 11.6 Å². The molecular weight excluding hydrogens is 217 g/mol. The standard InChI is InChI=1S/C11H15ClFNO/c1-11(2,15)10(14-3)7-4-5-9(13)8(12)6-7/h4-6,10,14-15H,1-3H3. The number of benzene rings is 1. The molecule has 0 aliphatic heterocycles. The molecule has 84 valence electrons. The van der Waals surface area contributed by atoms with Crippen LogP contribution in [0, 0.1) is 5.82 Å². The molecule has 1 aromatic carbocycles. The second-order valence-electron chi connectivity index (χ2n) is 4.05. The van der Waals surface area contributed by atoms with Gasteiger partial charge in [0.25, 0.3) is 0 Å². The van der Waals surface area contributed by atoms with Crippen molar-refractivity contribution in [3.63, 3.8) is 0 Å². The number of hydrogen-bond donors (Lipinski definition) is 2. The fraction of sp³-hybridized carbons (Fsp3) is 0.455. The molecule has 2 N–H and O–H groups in total. The lowest BCUT2D eigenvalue weighted by molar-refractivity contribution is 0.0400. The summed E-state index contributed by atoms with van der Waals surface area (Å²) in [5, 5.41) is 12.9. The lowest BCUT2D eigenvalue weighted by Crippen LogP contribution is -2.37. The summed E-state index contributed by atoms with van der Waals surface area (Å²) in [6.45, 7) is 3.37. The summed E-state index contributed by atoms with van der Waals surface area (Å²) < 4.78 is 12.9. The van der Waals surface area contributed by atoms with E-state index in [1.165, 1.54) is 12.1 Å². The van der Waals surface area contributed by atoms with Gasteiger partial charge in [-0.3, -0.25) is 0 Å². The van der Waals surface area contributed by atoms with Crippen molar-refractivity contribution in [2.24, 2.45) is 0 Å². The summed E-state index contributed by atoms with van der Waals surface area (Å²) >= 11 is 5.68. The maximum Gasteiger partial charge on any atom is 0.141 e. The van der Waals surface area contributed by atoms with E-state index in [0.717, 1.165) is 5.56 Å². The first-order chi connectivity index (χ1) is 6.86. The maximum absolute atomic E-state index is 12.9.